The van der Waals surface area contributed by atoms with E-state index in [9.17, 15) is 4.79 Å². The predicted octanol–water partition coefficient (Wildman–Crippen LogP) is 5.29. The van der Waals surface area contributed by atoms with Crippen molar-refractivity contribution in [2.75, 3.05) is 6.61 Å². The monoisotopic (exact) mass is 320 g/mol. The first-order valence-corrected chi connectivity index (χ1v) is 7.26. The van der Waals surface area contributed by atoms with Gasteiger partial charge in [-0.3, -0.25) is 4.79 Å². The van der Waals surface area contributed by atoms with Crippen molar-refractivity contribution in [3.05, 3.63) is 69.7 Å². The maximum atomic E-state index is 12.2. The van der Waals surface area contributed by atoms with Crippen LogP contribution in [0.25, 0.3) is 6.08 Å². The lowest BCUT2D eigenvalue weighted by Gasteiger charge is -2.06. The summed E-state index contributed by atoms with van der Waals surface area (Å²) in [7, 11) is 0. The van der Waals surface area contributed by atoms with Gasteiger partial charge < -0.3 is 4.74 Å². The number of carbonyl (C=O) groups is 1. The Bertz CT molecular complexity index is 678. The summed E-state index contributed by atoms with van der Waals surface area (Å²) in [5.74, 6) is 0.564. The third kappa shape index (κ3) is 4.10. The molecule has 2 nitrogen and oxygen atoms in total. The van der Waals surface area contributed by atoms with Crippen LogP contribution in [0.5, 0.6) is 5.75 Å². The molecule has 0 amide bonds. The van der Waals surface area contributed by atoms with Gasteiger partial charge in [-0.2, -0.15) is 0 Å². The number of para-hydroxylation sites is 1. The smallest absolute Gasteiger partial charge is 0.187 e. The Kier molecular flexibility index (Phi) is 5.43. The molecule has 0 saturated carbocycles. The van der Waals surface area contributed by atoms with Crippen molar-refractivity contribution in [3.8, 4) is 5.75 Å². The molecule has 2 aromatic rings. The van der Waals surface area contributed by atoms with Crippen molar-refractivity contribution >= 4 is 35.1 Å². The van der Waals surface area contributed by atoms with Crippen molar-refractivity contribution in [1.82, 2.24) is 0 Å². The molecular weight excluding hydrogens is 307 g/mol. The van der Waals surface area contributed by atoms with Gasteiger partial charge in [0.25, 0.3) is 0 Å². The van der Waals surface area contributed by atoms with Crippen molar-refractivity contribution < 1.29 is 9.53 Å². The number of ether oxygens (including phenoxy) is 1. The van der Waals surface area contributed by atoms with Crippen molar-refractivity contribution in [3.63, 3.8) is 0 Å². The molecule has 0 aliphatic carbocycles. The minimum absolute atomic E-state index is 0.178. The van der Waals surface area contributed by atoms with E-state index in [0.717, 1.165) is 11.3 Å². The van der Waals surface area contributed by atoms with Gasteiger partial charge in [-0.15, -0.1) is 0 Å². The highest BCUT2D eigenvalue weighted by Crippen LogP contribution is 2.23. The number of hydrogen-bond acceptors (Lipinski definition) is 2. The minimum Gasteiger partial charge on any atom is -0.493 e. The molecule has 0 heterocycles. The molecule has 0 bridgehead atoms. The van der Waals surface area contributed by atoms with Crippen molar-refractivity contribution in [1.29, 1.82) is 0 Å². The van der Waals surface area contributed by atoms with Gasteiger partial charge in [-0.05, 0) is 43.3 Å². The second kappa shape index (κ2) is 7.30. The molecule has 0 radical (unpaired) electrons. The van der Waals surface area contributed by atoms with Crippen LogP contribution in [0.4, 0.5) is 0 Å². The summed E-state index contributed by atoms with van der Waals surface area (Å²) in [4.78, 5) is 12.2. The molecule has 0 fully saturated rings. The van der Waals surface area contributed by atoms with Crippen LogP contribution in [0.2, 0.25) is 10.0 Å². The van der Waals surface area contributed by atoms with E-state index < -0.39 is 0 Å². The highest BCUT2D eigenvalue weighted by Gasteiger charge is 2.08. The molecule has 0 unspecified atom stereocenters. The Labute approximate surface area is 134 Å². The molecule has 2 aromatic carbocycles. The van der Waals surface area contributed by atoms with Crippen molar-refractivity contribution in [2.45, 2.75) is 6.92 Å². The van der Waals surface area contributed by atoms with Crippen LogP contribution in [0.3, 0.4) is 0 Å². The third-order valence-electron chi connectivity index (χ3n) is 2.83. The summed E-state index contributed by atoms with van der Waals surface area (Å²) < 4.78 is 5.51. The topological polar surface area (TPSA) is 26.3 Å². The SMILES string of the molecule is CCOc1ccccc1C=CC(=O)c1ccc(Cl)cc1Cl. The summed E-state index contributed by atoms with van der Waals surface area (Å²) >= 11 is 11.8. The second-order valence-corrected chi connectivity index (χ2v) is 5.14. The first kappa shape index (κ1) is 15.6. The normalized spacial score (nSPS) is 10.8. The zero-order valence-corrected chi connectivity index (χ0v) is 13.0. The van der Waals surface area contributed by atoms with Gasteiger partial charge in [-0.25, -0.2) is 0 Å². The van der Waals surface area contributed by atoms with Crippen LogP contribution >= 0.6 is 23.2 Å². The average molecular weight is 321 g/mol. The molecular formula is C17H14Cl2O2. The van der Waals surface area contributed by atoms with Crippen LogP contribution in [-0.4, -0.2) is 12.4 Å². The Morgan fingerprint density at radius 2 is 1.95 bits per heavy atom. The first-order chi connectivity index (χ1) is 10.1. The van der Waals surface area contributed by atoms with Gasteiger partial charge in [0.15, 0.2) is 5.78 Å². The van der Waals surface area contributed by atoms with E-state index in [2.05, 4.69) is 0 Å². The number of carbonyl (C=O) groups excluding carboxylic acids is 1. The molecule has 0 atom stereocenters. The van der Waals surface area contributed by atoms with Crippen molar-refractivity contribution in [2.24, 2.45) is 0 Å². The van der Waals surface area contributed by atoms with E-state index in [4.69, 9.17) is 27.9 Å². The molecule has 21 heavy (non-hydrogen) atoms. The van der Waals surface area contributed by atoms with Crippen LogP contribution in [0.15, 0.2) is 48.5 Å². The summed E-state index contributed by atoms with van der Waals surface area (Å²) in [6.07, 6.45) is 3.20. The summed E-state index contributed by atoms with van der Waals surface area (Å²) in [5, 5.41) is 0.845. The lowest BCUT2D eigenvalue weighted by molar-refractivity contribution is 0.104. The molecule has 0 N–H and O–H groups in total. The maximum Gasteiger partial charge on any atom is 0.187 e. The fraction of sp³-hybridized carbons (Fsp3) is 0.118. The number of benzene rings is 2. The van der Waals surface area contributed by atoms with Gasteiger partial charge in [-0.1, -0.05) is 41.4 Å². The summed E-state index contributed by atoms with van der Waals surface area (Å²) in [6, 6.07) is 12.3. The standard InChI is InChI=1S/C17H14Cl2O2/c1-2-21-17-6-4-3-5-12(17)7-10-16(20)14-9-8-13(18)11-15(14)19/h3-11H,2H2,1H3. The maximum absolute atomic E-state index is 12.2. The first-order valence-electron chi connectivity index (χ1n) is 6.51. The Morgan fingerprint density at radius 1 is 1.19 bits per heavy atom. The van der Waals surface area contributed by atoms with Gasteiger partial charge in [0.05, 0.1) is 11.6 Å². The number of allylic oxidation sites excluding steroid dienone is 1. The molecule has 0 spiro atoms. The van der Waals surface area contributed by atoms with Crippen LogP contribution in [0, 0.1) is 0 Å². The van der Waals surface area contributed by atoms with E-state index in [0.29, 0.717) is 22.2 Å². The second-order valence-electron chi connectivity index (χ2n) is 4.29. The van der Waals surface area contributed by atoms with E-state index in [-0.39, 0.29) is 5.78 Å². The van der Waals surface area contributed by atoms with Gasteiger partial charge in [0, 0.05) is 16.1 Å². The van der Waals surface area contributed by atoms with Crippen LogP contribution in [-0.2, 0) is 0 Å². The van der Waals surface area contributed by atoms with Gasteiger partial charge in [0.2, 0.25) is 0 Å². The molecule has 2 rings (SSSR count). The van der Waals surface area contributed by atoms with E-state index in [1.165, 1.54) is 6.08 Å². The molecule has 0 saturated heterocycles. The highest BCUT2D eigenvalue weighted by atomic mass is 35.5. The Balaban J connectivity index is 2.23. The molecule has 0 aliphatic heterocycles. The number of hydrogen-bond donors (Lipinski definition) is 0. The van der Waals surface area contributed by atoms with E-state index in [1.54, 1.807) is 24.3 Å². The van der Waals surface area contributed by atoms with Crippen LogP contribution < -0.4 is 4.74 Å². The van der Waals surface area contributed by atoms with E-state index in [1.807, 2.05) is 31.2 Å². The fourth-order valence-electron chi connectivity index (χ4n) is 1.85. The van der Waals surface area contributed by atoms with Gasteiger partial charge >= 0.3 is 0 Å². The number of rotatable bonds is 5. The zero-order valence-electron chi connectivity index (χ0n) is 11.5. The summed E-state index contributed by atoms with van der Waals surface area (Å²) in [5.41, 5.74) is 1.27. The lowest BCUT2D eigenvalue weighted by atomic mass is 10.1. The lowest BCUT2D eigenvalue weighted by Crippen LogP contribution is -1.96. The molecule has 108 valence electrons. The Hall–Kier alpha value is -1.77. The fourth-order valence-corrected chi connectivity index (χ4v) is 2.35. The average Bonchev–Trinajstić information content (AvgIpc) is 2.46. The largest absolute Gasteiger partial charge is 0.493 e. The molecule has 4 heteroatoms. The Morgan fingerprint density at radius 3 is 2.67 bits per heavy atom. The predicted molar refractivity (Wildman–Crippen MR) is 87.4 cm³/mol. The van der Waals surface area contributed by atoms with Crippen LogP contribution in [0.1, 0.15) is 22.8 Å². The summed E-state index contributed by atoms with van der Waals surface area (Å²) in [6.45, 7) is 2.49. The van der Waals surface area contributed by atoms with E-state index >= 15 is 0 Å². The molecule has 0 aliphatic rings. The quantitative estimate of drug-likeness (QED) is 0.552. The third-order valence-corrected chi connectivity index (χ3v) is 3.38. The highest BCUT2D eigenvalue weighted by molar-refractivity contribution is 6.37. The minimum atomic E-state index is -0.178. The number of halogens is 2. The molecule has 0 aromatic heterocycles. The zero-order chi connectivity index (χ0) is 15.2. The van der Waals surface area contributed by atoms with Gasteiger partial charge in [0.1, 0.15) is 5.75 Å². The number of ketones is 1.